The number of halogens is 2. The Kier molecular flexibility index (Phi) is 5.60. The predicted octanol–water partition coefficient (Wildman–Crippen LogP) is 4.19. The van der Waals surface area contributed by atoms with Crippen molar-refractivity contribution in [3.8, 4) is 0 Å². The topological polar surface area (TPSA) is 20.2 Å². The highest BCUT2D eigenvalue weighted by molar-refractivity contribution is 6.33. The molecular formula is C13H18Cl2O. The highest BCUT2D eigenvalue weighted by Crippen LogP contribution is 2.25. The molecule has 1 N–H and O–H groups in total. The zero-order valence-electron chi connectivity index (χ0n) is 9.71. The summed E-state index contributed by atoms with van der Waals surface area (Å²) in [6, 6.07) is 5.47. The van der Waals surface area contributed by atoms with E-state index in [4.69, 9.17) is 23.2 Å². The van der Waals surface area contributed by atoms with Crippen LogP contribution in [0.25, 0.3) is 0 Å². The third-order valence-corrected chi connectivity index (χ3v) is 3.18. The van der Waals surface area contributed by atoms with Gasteiger partial charge in [-0.05, 0) is 48.4 Å². The summed E-state index contributed by atoms with van der Waals surface area (Å²) in [6.07, 6.45) is 1.79. The molecule has 1 aromatic rings. The molecule has 0 aliphatic rings. The minimum Gasteiger partial charge on any atom is -0.396 e. The number of aliphatic hydroxyl groups is 1. The molecule has 0 radical (unpaired) electrons. The molecule has 3 heteroatoms. The lowest BCUT2D eigenvalue weighted by Gasteiger charge is -2.17. The van der Waals surface area contributed by atoms with E-state index >= 15 is 0 Å². The molecule has 0 aliphatic carbocycles. The molecule has 16 heavy (non-hydrogen) atoms. The van der Waals surface area contributed by atoms with Crippen LogP contribution in [0.15, 0.2) is 18.2 Å². The molecule has 0 fully saturated rings. The fraction of sp³-hybridized carbons (Fsp3) is 0.538. The van der Waals surface area contributed by atoms with Crippen LogP contribution < -0.4 is 0 Å². The van der Waals surface area contributed by atoms with Crippen molar-refractivity contribution in [3.63, 3.8) is 0 Å². The third kappa shape index (κ3) is 4.32. The maximum Gasteiger partial charge on any atom is 0.0462 e. The first-order valence-electron chi connectivity index (χ1n) is 5.57. The number of rotatable bonds is 5. The summed E-state index contributed by atoms with van der Waals surface area (Å²) in [6.45, 7) is 4.51. The molecule has 0 saturated carbocycles. The Labute approximate surface area is 107 Å². The molecular weight excluding hydrogens is 243 g/mol. The van der Waals surface area contributed by atoms with Gasteiger partial charge in [-0.2, -0.15) is 0 Å². The molecule has 1 nitrogen and oxygen atoms in total. The summed E-state index contributed by atoms with van der Waals surface area (Å²) < 4.78 is 0. The van der Waals surface area contributed by atoms with Crippen LogP contribution in [0.2, 0.25) is 10.0 Å². The van der Waals surface area contributed by atoms with Gasteiger partial charge in [0.15, 0.2) is 0 Å². The summed E-state index contributed by atoms with van der Waals surface area (Å²) in [7, 11) is 0. The number of hydrogen-bond donors (Lipinski definition) is 1. The van der Waals surface area contributed by atoms with E-state index in [2.05, 4.69) is 13.8 Å². The number of benzene rings is 1. The Balaban J connectivity index is 2.73. The van der Waals surface area contributed by atoms with Gasteiger partial charge in [-0.3, -0.25) is 0 Å². The smallest absolute Gasteiger partial charge is 0.0462 e. The van der Waals surface area contributed by atoms with Gasteiger partial charge in [-0.25, -0.2) is 0 Å². The van der Waals surface area contributed by atoms with Gasteiger partial charge in [0.05, 0.1) is 0 Å². The standard InChI is InChI=1S/C13H18Cl2O/c1-9(2)5-10(8-16)6-11-7-12(14)3-4-13(11)15/h3-4,7,9-10,16H,5-6,8H2,1-2H3. The van der Waals surface area contributed by atoms with Crippen molar-refractivity contribution >= 4 is 23.2 Å². The summed E-state index contributed by atoms with van der Waals surface area (Å²) in [5.74, 6) is 0.839. The van der Waals surface area contributed by atoms with Gasteiger partial charge < -0.3 is 5.11 Å². The SMILES string of the molecule is CC(C)CC(CO)Cc1cc(Cl)ccc1Cl. The summed E-state index contributed by atoms with van der Waals surface area (Å²) in [5, 5.41) is 10.7. The highest BCUT2D eigenvalue weighted by Gasteiger charge is 2.13. The fourth-order valence-electron chi connectivity index (χ4n) is 1.90. The number of hydrogen-bond acceptors (Lipinski definition) is 1. The molecule has 1 rings (SSSR count). The zero-order valence-corrected chi connectivity index (χ0v) is 11.2. The van der Waals surface area contributed by atoms with E-state index in [0.717, 1.165) is 23.4 Å². The molecule has 0 aliphatic heterocycles. The second kappa shape index (κ2) is 6.48. The molecule has 0 spiro atoms. The normalized spacial score (nSPS) is 13.1. The Bertz CT molecular complexity index is 337. The van der Waals surface area contributed by atoms with Crippen molar-refractivity contribution < 1.29 is 5.11 Å². The Morgan fingerprint density at radius 1 is 1.25 bits per heavy atom. The van der Waals surface area contributed by atoms with Crippen LogP contribution in [0.5, 0.6) is 0 Å². The molecule has 0 amide bonds. The van der Waals surface area contributed by atoms with Crippen LogP contribution in [0, 0.1) is 11.8 Å². The van der Waals surface area contributed by atoms with E-state index in [1.807, 2.05) is 12.1 Å². The van der Waals surface area contributed by atoms with Crippen LogP contribution in [0.1, 0.15) is 25.8 Å². The van der Waals surface area contributed by atoms with Crippen LogP contribution in [0.3, 0.4) is 0 Å². The maximum absolute atomic E-state index is 9.32. The third-order valence-electron chi connectivity index (χ3n) is 2.58. The molecule has 0 heterocycles. The van der Waals surface area contributed by atoms with Gasteiger partial charge in [0, 0.05) is 16.7 Å². The minimum atomic E-state index is 0.195. The first kappa shape index (κ1) is 13.8. The summed E-state index contributed by atoms with van der Waals surface area (Å²) in [4.78, 5) is 0. The lowest BCUT2D eigenvalue weighted by molar-refractivity contribution is 0.205. The van der Waals surface area contributed by atoms with E-state index in [9.17, 15) is 5.11 Å². The average Bonchev–Trinajstić information content (AvgIpc) is 2.21. The van der Waals surface area contributed by atoms with Gasteiger partial charge >= 0.3 is 0 Å². The fourth-order valence-corrected chi connectivity index (χ4v) is 2.29. The quantitative estimate of drug-likeness (QED) is 0.842. The minimum absolute atomic E-state index is 0.195. The van der Waals surface area contributed by atoms with Crippen LogP contribution >= 0.6 is 23.2 Å². The van der Waals surface area contributed by atoms with Crippen molar-refractivity contribution in [1.29, 1.82) is 0 Å². The second-order valence-electron chi connectivity index (χ2n) is 4.62. The van der Waals surface area contributed by atoms with Crippen LogP contribution in [0.4, 0.5) is 0 Å². The van der Waals surface area contributed by atoms with Gasteiger partial charge in [0.2, 0.25) is 0 Å². The molecule has 90 valence electrons. The van der Waals surface area contributed by atoms with E-state index < -0.39 is 0 Å². The highest BCUT2D eigenvalue weighted by atomic mass is 35.5. The molecule has 1 unspecified atom stereocenters. The second-order valence-corrected chi connectivity index (χ2v) is 5.46. The lowest BCUT2D eigenvalue weighted by atomic mass is 9.91. The largest absolute Gasteiger partial charge is 0.396 e. The Hall–Kier alpha value is -0.240. The van der Waals surface area contributed by atoms with Crippen molar-refractivity contribution in [2.75, 3.05) is 6.61 Å². The molecule has 0 aromatic heterocycles. The van der Waals surface area contributed by atoms with E-state index in [1.165, 1.54) is 0 Å². The van der Waals surface area contributed by atoms with Gasteiger partial charge in [0.25, 0.3) is 0 Å². The zero-order chi connectivity index (χ0) is 12.1. The monoisotopic (exact) mass is 260 g/mol. The van der Waals surface area contributed by atoms with Crippen molar-refractivity contribution in [1.82, 2.24) is 0 Å². The summed E-state index contributed by atoms with van der Waals surface area (Å²) >= 11 is 12.0. The Morgan fingerprint density at radius 3 is 2.50 bits per heavy atom. The average molecular weight is 261 g/mol. The van der Waals surface area contributed by atoms with Crippen molar-refractivity contribution in [2.45, 2.75) is 26.7 Å². The summed E-state index contributed by atoms with van der Waals surface area (Å²) in [5.41, 5.74) is 1.02. The molecule has 0 bridgehead atoms. The molecule has 1 aromatic carbocycles. The maximum atomic E-state index is 9.32. The van der Waals surface area contributed by atoms with Crippen molar-refractivity contribution in [2.24, 2.45) is 11.8 Å². The van der Waals surface area contributed by atoms with E-state index in [-0.39, 0.29) is 12.5 Å². The van der Waals surface area contributed by atoms with E-state index in [1.54, 1.807) is 6.07 Å². The van der Waals surface area contributed by atoms with E-state index in [0.29, 0.717) is 10.9 Å². The first-order chi connectivity index (χ1) is 7.52. The first-order valence-corrected chi connectivity index (χ1v) is 6.33. The predicted molar refractivity (Wildman–Crippen MR) is 70.2 cm³/mol. The van der Waals surface area contributed by atoms with Gasteiger partial charge in [0.1, 0.15) is 0 Å². The van der Waals surface area contributed by atoms with Gasteiger partial charge in [-0.1, -0.05) is 37.0 Å². The van der Waals surface area contributed by atoms with Gasteiger partial charge in [-0.15, -0.1) is 0 Å². The lowest BCUT2D eigenvalue weighted by Crippen LogP contribution is -2.12. The molecule has 0 saturated heterocycles. The van der Waals surface area contributed by atoms with Crippen molar-refractivity contribution in [3.05, 3.63) is 33.8 Å². The molecule has 1 atom stereocenters. The van der Waals surface area contributed by atoms with Crippen LogP contribution in [-0.2, 0) is 6.42 Å². The van der Waals surface area contributed by atoms with Crippen LogP contribution in [-0.4, -0.2) is 11.7 Å². The number of aliphatic hydroxyl groups excluding tert-OH is 1. The Morgan fingerprint density at radius 2 is 1.94 bits per heavy atom.